The highest BCUT2D eigenvalue weighted by molar-refractivity contribution is 5.68. The van der Waals surface area contributed by atoms with Crippen molar-refractivity contribution in [2.45, 2.75) is 27.7 Å². The minimum absolute atomic E-state index is 0. The molecule has 0 saturated heterocycles. The molecule has 30 heavy (non-hydrogen) atoms. The van der Waals surface area contributed by atoms with Crippen LogP contribution in [-0.4, -0.2) is 0 Å². The standard InChI is InChI=1S/C29H24.CH4/c1-3-23-21-29(26-12-8-5-9-13-26)19-17-27(23)16-14-24-15-18-28(20-22(24)2)25-10-6-4-7-11-25;/h4-13,15,17-21H,3H2,1-2H3;1H4. The summed E-state index contributed by atoms with van der Waals surface area (Å²) in [4.78, 5) is 0. The minimum Gasteiger partial charge on any atom is -0.0776 e. The van der Waals surface area contributed by atoms with Crippen molar-refractivity contribution in [2.24, 2.45) is 0 Å². The lowest BCUT2D eigenvalue weighted by Crippen LogP contribution is -1.90. The van der Waals surface area contributed by atoms with E-state index in [0.29, 0.717) is 0 Å². The number of rotatable bonds is 3. The SMILES string of the molecule is C.CCc1cc(-c2ccccc2)ccc1C#Cc1ccc(-c2ccccc2)cc1C. The zero-order valence-electron chi connectivity index (χ0n) is 16.9. The third kappa shape index (κ3) is 4.70. The van der Waals surface area contributed by atoms with Gasteiger partial charge in [-0.15, -0.1) is 0 Å². The van der Waals surface area contributed by atoms with E-state index in [1.165, 1.54) is 33.4 Å². The first kappa shape index (κ1) is 21.2. The molecule has 0 aromatic heterocycles. The van der Waals surface area contributed by atoms with Crippen molar-refractivity contribution in [3.8, 4) is 34.1 Å². The highest BCUT2D eigenvalue weighted by Crippen LogP contribution is 2.24. The summed E-state index contributed by atoms with van der Waals surface area (Å²) in [5, 5.41) is 0. The molecule has 148 valence electrons. The summed E-state index contributed by atoms with van der Waals surface area (Å²) >= 11 is 0. The van der Waals surface area contributed by atoms with E-state index in [4.69, 9.17) is 0 Å². The molecule has 0 unspecified atom stereocenters. The molecule has 0 heteroatoms. The first-order chi connectivity index (χ1) is 14.2. The predicted molar refractivity (Wildman–Crippen MR) is 131 cm³/mol. The highest BCUT2D eigenvalue weighted by atomic mass is 14.1. The van der Waals surface area contributed by atoms with Gasteiger partial charge in [0, 0.05) is 11.1 Å². The summed E-state index contributed by atoms with van der Waals surface area (Å²) in [5.74, 6) is 6.80. The maximum atomic E-state index is 3.41. The fraction of sp³-hybridized carbons (Fsp3) is 0.133. The molecule has 4 aromatic rings. The van der Waals surface area contributed by atoms with Crippen molar-refractivity contribution < 1.29 is 0 Å². The van der Waals surface area contributed by atoms with Crippen LogP contribution in [0.1, 0.15) is 36.6 Å². The molecule has 0 N–H and O–H groups in total. The number of hydrogen-bond acceptors (Lipinski definition) is 0. The molecule has 4 rings (SSSR count). The van der Waals surface area contributed by atoms with Crippen LogP contribution in [0, 0.1) is 18.8 Å². The van der Waals surface area contributed by atoms with E-state index in [-0.39, 0.29) is 7.43 Å². The van der Waals surface area contributed by atoms with Gasteiger partial charge >= 0.3 is 0 Å². The quantitative estimate of drug-likeness (QED) is 0.313. The molecule has 0 amide bonds. The van der Waals surface area contributed by atoms with Gasteiger partial charge in [0.05, 0.1) is 0 Å². The molecule has 0 fully saturated rings. The Morgan fingerprint density at radius 3 is 1.60 bits per heavy atom. The summed E-state index contributed by atoms with van der Waals surface area (Å²) in [6, 6.07) is 34.1. The zero-order chi connectivity index (χ0) is 20.1. The Morgan fingerprint density at radius 2 is 1.07 bits per heavy atom. The highest BCUT2D eigenvalue weighted by Gasteiger charge is 2.04. The molecular weight excluding hydrogens is 360 g/mol. The van der Waals surface area contributed by atoms with Crippen LogP contribution in [0.3, 0.4) is 0 Å². The first-order valence-electron chi connectivity index (χ1n) is 10.1. The first-order valence-corrected chi connectivity index (χ1v) is 10.1. The fourth-order valence-electron chi connectivity index (χ4n) is 3.57. The second-order valence-electron chi connectivity index (χ2n) is 7.24. The minimum atomic E-state index is 0. The Labute approximate surface area is 181 Å². The summed E-state index contributed by atoms with van der Waals surface area (Å²) in [6.07, 6.45) is 0.969. The maximum absolute atomic E-state index is 3.41. The Bertz CT molecular complexity index is 1170. The van der Waals surface area contributed by atoms with Crippen LogP contribution in [0.4, 0.5) is 0 Å². The lowest BCUT2D eigenvalue weighted by molar-refractivity contribution is 1.13. The van der Waals surface area contributed by atoms with Crippen LogP contribution in [0.25, 0.3) is 22.3 Å². The van der Waals surface area contributed by atoms with Gasteiger partial charge in [-0.2, -0.15) is 0 Å². The monoisotopic (exact) mass is 388 g/mol. The van der Waals surface area contributed by atoms with Gasteiger partial charge in [0.1, 0.15) is 0 Å². The molecule has 0 aliphatic rings. The van der Waals surface area contributed by atoms with Gasteiger partial charge in [-0.1, -0.05) is 105 Å². The lowest BCUT2D eigenvalue weighted by atomic mass is 9.97. The van der Waals surface area contributed by atoms with E-state index in [2.05, 4.69) is 117 Å². The van der Waals surface area contributed by atoms with Crippen LogP contribution in [0.2, 0.25) is 0 Å². The topological polar surface area (TPSA) is 0 Å². The molecule has 0 saturated carbocycles. The molecule has 0 bridgehead atoms. The number of aryl methyl sites for hydroxylation is 2. The second kappa shape index (κ2) is 9.77. The zero-order valence-corrected chi connectivity index (χ0v) is 16.9. The van der Waals surface area contributed by atoms with Crippen molar-refractivity contribution in [1.82, 2.24) is 0 Å². The Kier molecular flexibility index (Phi) is 6.89. The van der Waals surface area contributed by atoms with Gasteiger partial charge in [0.2, 0.25) is 0 Å². The normalized spacial score (nSPS) is 9.93. The third-order valence-corrected chi connectivity index (χ3v) is 5.26. The molecule has 0 spiro atoms. The average Bonchev–Trinajstić information content (AvgIpc) is 2.79. The van der Waals surface area contributed by atoms with Crippen LogP contribution in [-0.2, 0) is 6.42 Å². The van der Waals surface area contributed by atoms with E-state index < -0.39 is 0 Å². The molecular formula is C30H28. The molecule has 0 aliphatic carbocycles. The molecule has 0 nitrogen and oxygen atoms in total. The van der Waals surface area contributed by atoms with Crippen LogP contribution in [0.15, 0.2) is 97.1 Å². The number of benzene rings is 4. The summed E-state index contributed by atoms with van der Waals surface area (Å²) in [6.45, 7) is 4.32. The van der Waals surface area contributed by atoms with E-state index in [1.807, 2.05) is 6.07 Å². The maximum Gasteiger partial charge on any atom is 0.0281 e. The van der Waals surface area contributed by atoms with Crippen molar-refractivity contribution >= 4 is 0 Å². The van der Waals surface area contributed by atoms with Crippen LogP contribution >= 0.6 is 0 Å². The Morgan fingerprint density at radius 1 is 0.567 bits per heavy atom. The van der Waals surface area contributed by atoms with E-state index in [9.17, 15) is 0 Å². The Balaban J connectivity index is 0.00000256. The van der Waals surface area contributed by atoms with Crippen molar-refractivity contribution in [3.63, 3.8) is 0 Å². The molecule has 0 radical (unpaired) electrons. The van der Waals surface area contributed by atoms with Crippen LogP contribution < -0.4 is 0 Å². The van der Waals surface area contributed by atoms with Gasteiger partial charge in [-0.3, -0.25) is 0 Å². The van der Waals surface area contributed by atoms with Gasteiger partial charge in [-0.25, -0.2) is 0 Å². The van der Waals surface area contributed by atoms with Gasteiger partial charge in [0.25, 0.3) is 0 Å². The smallest absolute Gasteiger partial charge is 0.0281 e. The van der Waals surface area contributed by atoms with Crippen molar-refractivity contribution in [1.29, 1.82) is 0 Å². The summed E-state index contributed by atoms with van der Waals surface area (Å²) < 4.78 is 0. The molecule has 0 atom stereocenters. The number of hydrogen-bond donors (Lipinski definition) is 0. The van der Waals surface area contributed by atoms with E-state index in [1.54, 1.807) is 0 Å². The fourth-order valence-corrected chi connectivity index (χ4v) is 3.57. The van der Waals surface area contributed by atoms with Gasteiger partial charge < -0.3 is 0 Å². The summed E-state index contributed by atoms with van der Waals surface area (Å²) in [5.41, 5.74) is 9.65. The molecule has 0 aliphatic heterocycles. The molecule has 0 heterocycles. The average molecular weight is 389 g/mol. The van der Waals surface area contributed by atoms with Crippen molar-refractivity contribution in [2.75, 3.05) is 0 Å². The predicted octanol–water partition coefficient (Wildman–Crippen LogP) is 7.93. The van der Waals surface area contributed by atoms with Gasteiger partial charge in [0.15, 0.2) is 0 Å². The largest absolute Gasteiger partial charge is 0.0776 e. The van der Waals surface area contributed by atoms with E-state index >= 15 is 0 Å². The van der Waals surface area contributed by atoms with E-state index in [0.717, 1.165) is 17.5 Å². The second-order valence-corrected chi connectivity index (χ2v) is 7.24. The third-order valence-electron chi connectivity index (χ3n) is 5.26. The van der Waals surface area contributed by atoms with Crippen molar-refractivity contribution in [3.05, 3.63) is 119 Å². The van der Waals surface area contributed by atoms with Gasteiger partial charge in [-0.05, 0) is 64.9 Å². The lowest BCUT2D eigenvalue weighted by Gasteiger charge is -2.07. The Hall–Kier alpha value is -3.56. The summed E-state index contributed by atoms with van der Waals surface area (Å²) in [7, 11) is 0. The van der Waals surface area contributed by atoms with Crippen LogP contribution in [0.5, 0.6) is 0 Å². The molecule has 4 aromatic carbocycles.